The fourth-order valence-corrected chi connectivity index (χ4v) is 4.86. The Kier molecular flexibility index (Phi) is 6.16. The summed E-state index contributed by atoms with van der Waals surface area (Å²) in [6.45, 7) is 0.967. The highest BCUT2D eigenvalue weighted by Crippen LogP contribution is 2.30. The fraction of sp³-hybridized carbons (Fsp3) is 0.609. The Morgan fingerprint density at radius 2 is 1.76 bits per heavy atom. The van der Waals surface area contributed by atoms with E-state index in [-0.39, 0.29) is 23.9 Å². The lowest BCUT2D eigenvalue weighted by molar-refractivity contribution is -0.128. The third kappa shape index (κ3) is 4.46. The average molecular weight is 398 g/mol. The molecule has 1 aromatic carbocycles. The molecule has 2 heterocycles. The van der Waals surface area contributed by atoms with E-state index >= 15 is 0 Å². The molecule has 1 N–H and O–H groups in total. The van der Waals surface area contributed by atoms with Gasteiger partial charge in [0.1, 0.15) is 6.04 Å². The lowest BCUT2D eigenvalue weighted by Gasteiger charge is -2.28. The molecule has 4 amide bonds. The Morgan fingerprint density at radius 1 is 1.00 bits per heavy atom. The Balaban J connectivity index is 1.19. The molecule has 6 heteroatoms. The summed E-state index contributed by atoms with van der Waals surface area (Å²) < 4.78 is 0. The minimum Gasteiger partial charge on any atom is -0.353 e. The first-order valence-corrected chi connectivity index (χ1v) is 11.1. The van der Waals surface area contributed by atoms with Gasteiger partial charge in [-0.1, -0.05) is 49.9 Å². The van der Waals surface area contributed by atoms with Crippen molar-refractivity contribution in [2.75, 3.05) is 6.54 Å². The number of urea groups is 1. The van der Waals surface area contributed by atoms with E-state index in [1.54, 1.807) is 4.90 Å². The minimum absolute atomic E-state index is 0.0699. The summed E-state index contributed by atoms with van der Waals surface area (Å²) in [4.78, 5) is 40.7. The molecule has 29 heavy (non-hydrogen) atoms. The first kappa shape index (κ1) is 19.9. The topological polar surface area (TPSA) is 69.7 Å². The molecule has 2 fully saturated rings. The van der Waals surface area contributed by atoms with Crippen LogP contribution in [0, 0.1) is 0 Å². The molecule has 1 saturated carbocycles. The highest BCUT2D eigenvalue weighted by atomic mass is 16.2. The number of fused-ring (bicyclic) bond motifs is 2. The largest absolute Gasteiger partial charge is 0.353 e. The molecular formula is C23H31N3O3. The molecule has 0 spiro atoms. The van der Waals surface area contributed by atoms with Gasteiger partial charge in [0.2, 0.25) is 5.91 Å². The standard InChI is InChI=1S/C23H31N3O3/c27-21(24-19-11-3-1-4-12-19)13-5-2-8-14-25-22(28)20-15-17-9-6-7-10-18(17)16-26(20)23(25)29/h6-7,9-10,19-20H,1-5,8,11-16H2,(H,24,27). The van der Waals surface area contributed by atoms with Crippen molar-refractivity contribution in [3.63, 3.8) is 0 Å². The van der Waals surface area contributed by atoms with E-state index in [2.05, 4.69) is 5.32 Å². The highest BCUT2D eigenvalue weighted by Gasteiger charge is 2.46. The van der Waals surface area contributed by atoms with Crippen molar-refractivity contribution in [1.29, 1.82) is 0 Å². The van der Waals surface area contributed by atoms with Gasteiger partial charge >= 0.3 is 6.03 Å². The quantitative estimate of drug-likeness (QED) is 0.566. The van der Waals surface area contributed by atoms with Gasteiger partial charge < -0.3 is 10.2 Å². The first-order chi connectivity index (χ1) is 14.1. The smallest absolute Gasteiger partial charge is 0.327 e. The molecule has 1 aromatic rings. The number of benzene rings is 1. The number of rotatable bonds is 7. The second-order valence-corrected chi connectivity index (χ2v) is 8.60. The van der Waals surface area contributed by atoms with Crippen molar-refractivity contribution >= 4 is 17.8 Å². The fourth-order valence-electron chi connectivity index (χ4n) is 4.86. The van der Waals surface area contributed by atoms with E-state index in [0.29, 0.717) is 32.0 Å². The van der Waals surface area contributed by atoms with Crippen molar-refractivity contribution in [3.8, 4) is 0 Å². The summed E-state index contributed by atoms with van der Waals surface area (Å²) in [7, 11) is 0. The SMILES string of the molecule is O=C(CCCCCN1C(=O)C2Cc3ccccc3CN2C1=O)NC1CCCCC1. The van der Waals surface area contributed by atoms with Crippen LogP contribution < -0.4 is 5.32 Å². The van der Waals surface area contributed by atoms with Gasteiger partial charge in [-0.25, -0.2) is 4.79 Å². The Hall–Kier alpha value is -2.37. The number of hydrogen-bond donors (Lipinski definition) is 1. The monoisotopic (exact) mass is 397 g/mol. The van der Waals surface area contributed by atoms with Crippen molar-refractivity contribution in [2.45, 2.75) is 82.8 Å². The van der Waals surface area contributed by atoms with E-state index in [0.717, 1.165) is 37.7 Å². The molecule has 3 aliphatic rings. The van der Waals surface area contributed by atoms with E-state index in [1.807, 2.05) is 24.3 Å². The Labute approximate surface area is 172 Å². The van der Waals surface area contributed by atoms with Gasteiger partial charge in [-0.2, -0.15) is 0 Å². The van der Waals surface area contributed by atoms with E-state index in [1.165, 1.54) is 29.7 Å². The molecule has 1 unspecified atom stereocenters. The van der Waals surface area contributed by atoms with Crippen LogP contribution in [0.4, 0.5) is 4.79 Å². The molecule has 4 rings (SSSR count). The zero-order chi connectivity index (χ0) is 20.2. The summed E-state index contributed by atoms with van der Waals surface area (Å²) in [5.41, 5.74) is 2.30. The Morgan fingerprint density at radius 3 is 2.55 bits per heavy atom. The summed E-state index contributed by atoms with van der Waals surface area (Å²) in [6.07, 6.45) is 9.46. The molecular weight excluding hydrogens is 366 g/mol. The molecule has 1 aliphatic carbocycles. The molecule has 6 nitrogen and oxygen atoms in total. The predicted molar refractivity (Wildman–Crippen MR) is 110 cm³/mol. The maximum atomic E-state index is 12.8. The zero-order valence-electron chi connectivity index (χ0n) is 17.1. The number of nitrogens with zero attached hydrogens (tertiary/aromatic N) is 2. The number of nitrogens with one attached hydrogen (secondary N) is 1. The number of carbonyl (C=O) groups excluding carboxylic acids is 3. The van der Waals surface area contributed by atoms with E-state index < -0.39 is 0 Å². The molecule has 1 atom stereocenters. The van der Waals surface area contributed by atoms with Gasteiger partial charge in [-0.15, -0.1) is 0 Å². The van der Waals surface area contributed by atoms with Crippen LogP contribution in [-0.4, -0.2) is 46.3 Å². The molecule has 156 valence electrons. The summed E-state index contributed by atoms with van der Waals surface area (Å²) in [5, 5.41) is 3.14. The third-order valence-corrected chi connectivity index (χ3v) is 6.53. The minimum atomic E-state index is -0.348. The van der Waals surface area contributed by atoms with Crippen LogP contribution in [0.3, 0.4) is 0 Å². The zero-order valence-corrected chi connectivity index (χ0v) is 17.1. The molecule has 1 saturated heterocycles. The lowest BCUT2D eigenvalue weighted by Crippen LogP contribution is -2.39. The van der Waals surface area contributed by atoms with Gasteiger partial charge in [0.25, 0.3) is 5.91 Å². The van der Waals surface area contributed by atoms with Gasteiger partial charge in [0.15, 0.2) is 0 Å². The van der Waals surface area contributed by atoms with Crippen molar-refractivity contribution in [1.82, 2.24) is 15.1 Å². The predicted octanol–water partition coefficient (Wildman–Crippen LogP) is 3.38. The molecule has 0 radical (unpaired) electrons. The van der Waals surface area contributed by atoms with Crippen molar-refractivity contribution in [3.05, 3.63) is 35.4 Å². The number of imide groups is 1. The van der Waals surface area contributed by atoms with Crippen LogP contribution in [0.1, 0.15) is 68.9 Å². The first-order valence-electron chi connectivity index (χ1n) is 11.1. The Bertz CT molecular complexity index is 729. The van der Waals surface area contributed by atoms with E-state index in [4.69, 9.17) is 0 Å². The van der Waals surface area contributed by atoms with Crippen LogP contribution >= 0.6 is 0 Å². The third-order valence-electron chi connectivity index (χ3n) is 6.53. The van der Waals surface area contributed by atoms with Gasteiger partial charge in [-0.05, 0) is 36.8 Å². The number of hydrogen-bond acceptors (Lipinski definition) is 3. The normalized spacial score (nSPS) is 21.9. The highest BCUT2D eigenvalue weighted by molar-refractivity contribution is 6.04. The second-order valence-electron chi connectivity index (χ2n) is 8.60. The summed E-state index contributed by atoms with van der Waals surface area (Å²) in [5.74, 6) is 0.0691. The van der Waals surface area contributed by atoms with E-state index in [9.17, 15) is 14.4 Å². The number of unbranched alkanes of at least 4 members (excludes halogenated alkanes) is 2. The van der Waals surface area contributed by atoms with Crippen molar-refractivity contribution in [2.24, 2.45) is 0 Å². The van der Waals surface area contributed by atoms with Crippen LogP contribution in [0.15, 0.2) is 24.3 Å². The molecule has 0 bridgehead atoms. The maximum Gasteiger partial charge on any atom is 0.327 e. The number of amides is 4. The number of carbonyl (C=O) groups is 3. The van der Waals surface area contributed by atoms with Crippen LogP contribution in [-0.2, 0) is 22.6 Å². The van der Waals surface area contributed by atoms with Gasteiger partial charge in [0.05, 0.1) is 0 Å². The van der Waals surface area contributed by atoms with Crippen LogP contribution in [0.2, 0.25) is 0 Å². The summed E-state index contributed by atoms with van der Waals surface area (Å²) >= 11 is 0. The van der Waals surface area contributed by atoms with Gasteiger partial charge in [-0.3, -0.25) is 14.5 Å². The van der Waals surface area contributed by atoms with Crippen LogP contribution in [0.25, 0.3) is 0 Å². The van der Waals surface area contributed by atoms with Crippen molar-refractivity contribution < 1.29 is 14.4 Å². The van der Waals surface area contributed by atoms with Crippen LogP contribution in [0.5, 0.6) is 0 Å². The molecule has 0 aromatic heterocycles. The average Bonchev–Trinajstić information content (AvgIpc) is 2.97. The second kappa shape index (κ2) is 8.97. The molecule has 2 aliphatic heterocycles. The maximum absolute atomic E-state index is 12.8. The lowest BCUT2D eigenvalue weighted by atomic mass is 9.95. The van der Waals surface area contributed by atoms with Gasteiger partial charge in [0, 0.05) is 32.0 Å². The summed E-state index contributed by atoms with van der Waals surface area (Å²) in [6, 6.07) is 7.89.